The van der Waals surface area contributed by atoms with Crippen LogP contribution in [0.5, 0.6) is 0 Å². The summed E-state index contributed by atoms with van der Waals surface area (Å²) in [5, 5.41) is 16.0. The van der Waals surface area contributed by atoms with Crippen LogP contribution in [-0.4, -0.2) is 5.09 Å². The quantitative estimate of drug-likeness (QED) is 0.594. The van der Waals surface area contributed by atoms with Crippen molar-refractivity contribution in [2.75, 3.05) is 0 Å². The van der Waals surface area contributed by atoms with Crippen molar-refractivity contribution in [3.63, 3.8) is 0 Å². The fraction of sp³-hybridized carbons (Fsp3) is 0.250. The normalized spacial score (nSPS) is 19.3. The molecule has 0 amide bonds. The molecular formula is C16H15Cl2N2O3-. The van der Waals surface area contributed by atoms with Gasteiger partial charge >= 0.3 is 0 Å². The minimum absolute atomic E-state index is 0.148. The van der Waals surface area contributed by atoms with E-state index in [0.29, 0.717) is 16.0 Å². The minimum atomic E-state index is -1.75. The van der Waals surface area contributed by atoms with E-state index in [1.165, 1.54) is 16.7 Å². The molecule has 2 atom stereocenters. The molecule has 7 heteroatoms. The molecule has 0 fully saturated rings. The van der Waals surface area contributed by atoms with Crippen LogP contribution < -0.4 is 5.73 Å². The lowest BCUT2D eigenvalue weighted by Crippen LogP contribution is -2.20. The van der Waals surface area contributed by atoms with Crippen LogP contribution in [0.25, 0.3) is 0 Å². The summed E-state index contributed by atoms with van der Waals surface area (Å²) in [6.07, 6.45) is 2.05. The van der Waals surface area contributed by atoms with Crippen molar-refractivity contribution in [2.24, 2.45) is 5.73 Å². The highest BCUT2D eigenvalue weighted by Crippen LogP contribution is 2.41. The summed E-state index contributed by atoms with van der Waals surface area (Å²) in [7, 11) is 0. The number of hydrogen-bond acceptors (Lipinski definition) is 4. The predicted molar refractivity (Wildman–Crippen MR) is 91.3 cm³/mol. The zero-order valence-electron chi connectivity index (χ0n) is 12.1. The van der Waals surface area contributed by atoms with Crippen LogP contribution >= 0.6 is 23.2 Å². The van der Waals surface area contributed by atoms with Gasteiger partial charge in [-0.1, -0.05) is 53.5 Å². The second kappa shape index (κ2) is 7.64. The molecule has 0 radical (unpaired) electrons. The van der Waals surface area contributed by atoms with Gasteiger partial charge in [-0.25, -0.2) is 0 Å². The first-order valence-corrected chi connectivity index (χ1v) is 7.76. The summed E-state index contributed by atoms with van der Waals surface area (Å²) in [4.78, 5) is 8.25. The van der Waals surface area contributed by atoms with Gasteiger partial charge in [0.05, 0.1) is 15.1 Å². The highest BCUT2D eigenvalue weighted by atomic mass is 35.5. The molecule has 0 aliphatic heterocycles. The van der Waals surface area contributed by atoms with Crippen LogP contribution in [0.4, 0.5) is 0 Å². The lowest BCUT2D eigenvalue weighted by molar-refractivity contribution is -0.402. The van der Waals surface area contributed by atoms with Crippen molar-refractivity contribution in [1.82, 2.24) is 0 Å². The Hall–Kier alpha value is -1.82. The molecule has 0 unspecified atom stereocenters. The van der Waals surface area contributed by atoms with Crippen molar-refractivity contribution in [3.05, 3.63) is 84.5 Å². The van der Waals surface area contributed by atoms with Gasteiger partial charge in [0.1, 0.15) is 0 Å². The monoisotopic (exact) mass is 353 g/mol. The highest BCUT2D eigenvalue weighted by molar-refractivity contribution is 6.42. The summed E-state index contributed by atoms with van der Waals surface area (Å²) < 4.78 is 0. The summed E-state index contributed by atoms with van der Waals surface area (Å²) in [6.45, 7) is 0. The lowest BCUT2D eigenvalue weighted by Gasteiger charge is -2.30. The fourth-order valence-electron chi connectivity index (χ4n) is 2.90. The minimum Gasteiger partial charge on any atom is -0.356 e. The Kier molecular flexibility index (Phi) is 5.82. The number of benzene rings is 2. The number of fused-ring (bicyclic) bond motifs is 1. The standard InChI is InChI=1S/C16H15Cl2N.NO3/c17-14-7-5-10(9-15(14)18)11-6-8-16(19)13-4-2-1-3-12(11)13;2-1(3)4/h1-5,7,9,11,16H,6,8,19H2;/q;-1/t11-,16-;/m0./s1. The molecule has 3 rings (SSSR count). The van der Waals surface area contributed by atoms with E-state index in [4.69, 9.17) is 44.3 Å². The molecule has 0 aromatic heterocycles. The molecule has 0 bridgehead atoms. The largest absolute Gasteiger partial charge is 0.356 e. The highest BCUT2D eigenvalue weighted by Gasteiger charge is 2.26. The zero-order chi connectivity index (χ0) is 17.0. The van der Waals surface area contributed by atoms with Crippen LogP contribution in [-0.2, 0) is 0 Å². The molecule has 2 aromatic rings. The third-order valence-corrected chi connectivity index (χ3v) is 4.62. The van der Waals surface area contributed by atoms with Crippen LogP contribution in [0.2, 0.25) is 10.0 Å². The van der Waals surface area contributed by atoms with Gasteiger partial charge < -0.3 is 21.1 Å². The maximum Gasteiger partial charge on any atom is 0.0689 e. The first-order valence-electron chi connectivity index (χ1n) is 7.01. The van der Waals surface area contributed by atoms with Crippen molar-refractivity contribution in [3.8, 4) is 0 Å². The van der Waals surface area contributed by atoms with Crippen molar-refractivity contribution in [1.29, 1.82) is 0 Å². The number of hydrogen-bond donors (Lipinski definition) is 1. The number of nitrogens with zero attached hydrogens (tertiary/aromatic N) is 1. The summed E-state index contributed by atoms with van der Waals surface area (Å²) >= 11 is 12.1. The molecular weight excluding hydrogens is 339 g/mol. The fourth-order valence-corrected chi connectivity index (χ4v) is 3.21. The molecule has 122 valence electrons. The van der Waals surface area contributed by atoms with E-state index in [1.54, 1.807) is 0 Å². The average molecular weight is 354 g/mol. The molecule has 2 N–H and O–H groups in total. The van der Waals surface area contributed by atoms with E-state index in [1.807, 2.05) is 12.1 Å². The smallest absolute Gasteiger partial charge is 0.0689 e. The van der Waals surface area contributed by atoms with Gasteiger partial charge in [-0.2, -0.15) is 0 Å². The number of halogens is 2. The van der Waals surface area contributed by atoms with E-state index in [0.717, 1.165) is 12.8 Å². The van der Waals surface area contributed by atoms with E-state index in [2.05, 4.69) is 30.3 Å². The summed E-state index contributed by atoms with van der Waals surface area (Å²) in [5.74, 6) is 0.366. The summed E-state index contributed by atoms with van der Waals surface area (Å²) in [6, 6.07) is 14.5. The van der Waals surface area contributed by atoms with Crippen molar-refractivity contribution < 1.29 is 5.09 Å². The first-order chi connectivity index (χ1) is 10.9. The molecule has 5 nitrogen and oxygen atoms in total. The third kappa shape index (κ3) is 4.34. The maximum absolute atomic E-state index is 8.25. The molecule has 0 saturated heterocycles. The Bertz CT molecular complexity index is 705. The van der Waals surface area contributed by atoms with E-state index in [-0.39, 0.29) is 6.04 Å². The van der Waals surface area contributed by atoms with Crippen molar-refractivity contribution in [2.45, 2.75) is 24.8 Å². The molecule has 2 aromatic carbocycles. The van der Waals surface area contributed by atoms with Crippen LogP contribution in [0.1, 0.15) is 41.5 Å². The molecule has 1 aliphatic carbocycles. The van der Waals surface area contributed by atoms with Gasteiger partial charge in [-0.3, -0.25) is 0 Å². The Morgan fingerprint density at radius 3 is 2.22 bits per heavy atom. The zero-order valence-corrected chi connectivity index (χ0v) is 13.6. The molecule has 0 saturated carbocycles. The summed E-state index contributed by atoms with van der Waals surface area (Å²) in [5.41, 5.74) is 9.98. The van der Waals surface area contributed by atoms with Crippen LogP contribution in [0.15, 0.2) is 42.5 Å². The lowest BCUT2D eigenvalue weighted by atomic mass is 9.77. The SMILES string of the molecule is N[C@H]1CC[C@@H](c2ccc(Cl)c(Cl)c2)c2ccccc21.O=[N+]([O-])[O-]. The molecule has 0 spiro atoms. The Balaban J connectivity index is 0.000000433. The maximum atomic E-state index is 8.25. The van der Waals surface area contributed by atoms with Crippen molar-refractivity contribution >= 4 is 23.2 Å². The topological polar surface area (TPSA) is 92.2 Å². The third-order valence-electron chi connectivity index (χ3n) is 3.88. The van der Waals surface area contributed by atoms with Gasteiger partial charge in [0.15, 0.2) is 0 Å². The van der Waals surface area contributed by atoms with Gasteiger partial charge in [-0.05, 0) is 41.7 Å². The second-order valence-electron chi connectivity index (χ2n) is 5.26. The van der Waals surface area contributed by atoms with E-state index in [9.17, 15) is 0 Å². The van der Waals surface area contributed by atoms with Crippen LogP contribution in [0, 0.1) is 15.3 Å². The Labute approximate surface area is 143 Å². The average Bonchev–Trinajstić information content (AvgIpc) is 2.50. The molecule has 23 heavy (non-hydrogen) atoms. The molecule has 0 heterocycles. The number of nitrogens with two attached hydrogens (primary N) is 1. The van der Waals surface area contributed by atoms with Gasteiger partial charge in [0.25, 0.3) is 0 Å². The molecule has 1 aliphatic rings. The van der Waals surface area contributed by atoms with Gasteiger partial charge in [0, 0.05) is 12.0 Å². The Morgan fingerprint density at radius 1 is 1.00 bits per heavy atom. The first kappa shape index (κ1) is 17.5. The number of rotatable bonds is 1. The van der Waals surface area contributed by atoms with Crippen LogP contribution in [0.3, 0.4) is 0 Å². The predicted octanol–water partition coefficient (Wildman–Crippen LogP) is 4.68. The second-order valence-corrected chi connectivity index (χ2v) is 6.08. The van der Waals surface area contributed by atoms with Gasteiger partial charge in [0.2, 0.25) is 0 Å². The Morgan fingerprint density at radius 2 is 1.61 bits per heavy atom. The van der Waals surface area contributed by atoms with E-state index >= 15 is 0 Å². The van der Waals surface area contributed by atoms with Gasteiger partial charge in [-0.15, -0.1) is 0 Å². The van der Waals surface area contributed by atoms with E-state index < -0.39 is 5.09 Å².